The fourth-order valence-electron chi connectivity index (χ4n) is 4.57. The molecule has 1 aliphatic rings. The molecule has 0 radical (unpaired) electrons. The van der Waals surface area contributed by atoms with Crippen LogP contribution in [0.15, 0.2) is 53.4 Å². The van der Waals surface area contributed by atoms with Gasteiger partial charge < -0.3 is 20.1 Å². The predicted octanol–water partition coefficient (Wildman–Crippen LogP) is 4.97. The van der Waals surface area contributed by atoms with E-state index in [9.17, 15) is 18.0 Å². The van der Waals surface area contributed by atoms with Crippen LogP contribution in [0.3, 0.4) is 0 Å². The summed E-state index contributed by atoms with van der Waals surface area (Å²) in [5, 5.41) is 7.00. The number of nitrogens with one attached hydrogen (secondary N) is 3. The lowest BCUT2D eigenvalue weighted by Gasteiger charge is -2.22. The van der Waals surface area contributed by atoms with Crippen LogP contribution < -0.4 is 15.4 Å². The molecule has 0 bridgehead atoms. The second-order valence-electron chi connectivity index (χ2n) is 10.7. The molecule has 1 fully saturated rings. The lowest BCUT2D eigenvalue weighted by Crippen LogP contribution is -2.50. The SMILES string of the molecule is CC(C)C[C@H](NC(=O)c1cc2ccccc2s1)C(=O)NC[C@H]1OC(C)(C)OC1CNS(=O)(=O)c1ccc(Cl)cc1Cl. The van der Waals surface area contributed by atoms with E-state index in [2.05, 4.69) is 15.4 Å². The van der Waals surface area contributed by atoms with Crippen molar-refractivity contribution < 1.29 is 27.5 Å². The van der Waals surface area contributed by atoms with E-state index in [1.807, 2.05) is 44.2 Å². The number of thiophene rings is 1. The van der Waals surface area contributed by atoms with Crippen LogP contribution in [-0.4, -0.2) is 57.4 Å². The van der Waals surface area contributed by atoms with Crippen molar-refractivity contribution in [2.24, 2.45) is 5.92 Å². The van der Waals surface area contributed by atoms with Crippen LogP contribution in [-0.2, 0) is 24.3 Å². The Morgan fingerprint density at radius 2 is 1.71 bits per heavy atom. The van der Waals surface area contributed by atoms with Gasteiger partial charge >= 0.3 is 0 Å². The lowest BCUT2D eigenvalue weighted by atomic mass is 10.0. The maximum atomic E-state index is 13.3. The molecule has 2 aromatic carbocycles. The molecule has 3 atom stereocenters. The molecule has 1 aromatic heterocycles. The van der Waals surface area contributed by atoms with Crippen molar-refractivity contribution in [3.8, 4) is 0 Å². The van der Waals surface area contributed by atoms with Crippen LogP contribution in [0.5, 0.6) is 0 Å². The largest absolute Gasteiger partial charge is 0.352 e. The van der Waals surface area contributed by atoms with E-state index in [0.717, 1.165) is 10.1 Å². The summed E-state index contributed by atoms with van der Waals surface area (Å²) in [5.74, 6) is -1.55. The lowest BCUT2D eigenvalue weighted by molar-refractivity contribution is -0.146. The van der Waals surface area contributed by atoms with Crippen molar-refractivity contribution in [3.63, 3.8) is 0 Å². The summed E-state index contributed by atoms with van der Waals surface area (Å²) in [5.41, 5.74) is 0. The second kappa shape index (κ2) is 12.9. The summed E-state index contributed by atoms with van der Waals surface area (Å²) in [4.78, 5) is 26.7. The first-order chi connectivity index (χ1) is 19.2. The van der Waals surface area contributed by atoms with Crippen LogP contribution in [0.4, 0.5) is 0 Å². The maximum absolute atomic E-state index is 13.3. The van der Waals surface area contributed by atoms with Gasteiger partial charge in [-0.05, 0) is 61.9 Å². The number of benzene rings is 2. The second-order valence-corrected chi connectivity index (χ2v) is 14.4. The average Bonchev–Trinajstić information content (AvgIpc) is 3.45. The average molecular weight is 643 g/mol. The van der Waals surface area contributed by atoms with E-state index < -0.39 is 34.1 Å². The van der Waals surface area contributed by atoms with Gasteiger partial charge in [0, 0.05) is 22.8 Å². The highest BCUT2D eigenvalue weighted by atomic mass is 35.5. The number of carbonyl (C=O) groups is 2. The minimum atomic E-state index is -3.97. The molecule has 0 spiro atoms. The minimum Gasteiger partial charge on any atom is -0.352 e. The topological polar surface area (TPSA) is 123 Å². The maximum Gasteiger partial charge on any atom is 0.262 e. The first-order valence-corrected chi connectivity index (χ1v) is 16.2. The molecule has 9 nitrogen and oxygen atoms in total. The zero-order valence-electron chi connectivity index (χ0n) is 23.1. The van der Waals surface area contributed by atoms with Crippen LogP contribution in [0.25, 0.3) is 10.1 Å². The molecule has 13 heteroatoms. The minimum absolute atomic E-state index is 0.00776. The summed E-state index contributed by atoms with van der Waals surface area (Å²) < 4.78 is 41.2. The van der Waals surface area contributed by atoms with Crippen molar-refractivity contribution in [3.05, 3.63) is 63.5 Å². The summed E-state index contributed by atoms with van der Waals surface area (Å²) in [6.07, 6.45) is -0.931. The highest BCUT2D eigenvalue weighted by molar-refractivity contribution is 7.89. The number of fused-ring (bicyclic) bond motifs is 1. The molecular formula is C28H33Cl2N3O6S2. The smallest absolute Gasteiger partial charge is 0.262 e. The van der Waals surface area contributed by atoms with Gasteiger partial charge in [-0.1, -0.05) is 55.2 Å². The third-order valence-corrected chi connectivity index (χ3v) is 9.66. The fourth-order valence-corrected chi connectivity index (χ4v) is 7.35. The highest BCUT2D eigenvalue weighted by Gasteiger charge is 2.42. The van der Waals surface area contributed by atoms with E-state index >= 15 is 0 Å². The Hall–Kier alpha value is -2.25. The van der Waals surface area contributed by atoms with Crippen LogP contribution in [0, 0.1) is 5.92 Å². The van der Waals surface area contributed by atoms with Crippen LogP contribution >= 0.6 is 34.5 Å². The standard InChI is InChI=1S/C28H33Cl2N3O6S2/c1-16(2)11-20(33-27(35)24-12-17-7-5-6-8-23(17)40-24)26(34)31-14-21-22(39-28(3,4)38-21)15-32-41(36,37)25-10-9-18(29)13-19(25)30/h5-10,12-13,16,20-22,32H,11,14-15H2,1-4H3,(H,31,34)(H,33,35)/t20-,21+,22?/m0/s1. The molecule has 0 aliphatic carbocycles. The number of carbonyl (C=O) groups excluding carboxylic acids is 2. The summed E-state index contributed by atoms with van der Waals surface area (Å²) >= 11 is 13.4. The molecule has 1 saturated heterocycles. The quantitative estimate of drug-likeness (QED) is 0.272. The van der Waals surface area contributed by atoms with Gasteiger partial charge in [0.05, 0.1) is 9.90 Å². The number of rotatable bonds is 11. The van der Waals surface area contributed by atoms with Gasteiger partial charge in [0.1, 0.15) is 23.1 Å². The molecule has 2 amide bonds. The summed E-state index contributed by atoms with van der Waals surface area (Å²) in [7, 11) is -3.97. The molecule has 41 heavy (non-hydrogen) atoms. The Bertz CT molecular complexity index is 1490. The predicted molar refractivity (Wildman–Crippen MR) is 161 cm³/mol. The number of amides is 2. The molecule has 3 aromatic rings. The molecule has 222 valence electrons. The van der Waals surface area contributed by atoms with Crippen molar-refractivity contribution >= 4 is 66.5 Å². The zero-order chi connectivity index (χ0) is 29.9. The molecule has 4 rings (SSSR count). The van der Waals surface area contributed by atoms with Gasteiger partial charge in [-0.15, -0.1) is 11.3 Å². The number of halogens is 2. The Morgan fingerprint density at radius 3 is 2.37 bits per heavy atom. The molecule has 3 N–H and O–H groups in total. The Labute approximate surface area is 253 Å². The first-order valence-electron chi connectivity index (χ1n) is 13.1. The normalized spacial score (nSPS) is 19.4. The van der Waals surface area contributed by atoms with E-state index in [0.29, 0.717) is 16.3 Å². The number of hydrogen-bond donors (Lipinski definition) is 3. The third kappa shape index (κ3) is 8.19. The molecular weight excluding hydrogens is 609 g/mol. The summed E-state index contributed by atoms with van der Waals surface area (Å²) in [6, 6.07) is 12.9. The molecule has 0 saturated carbocycles. The highest BCUT2D eigenvalue weighted by Crippen LogP contribution is 2.29. The van der Waals surface area contributed by atoms with Crippen LogP contribution in [0.1, 0.15) is 43.8 Å². The van der Waals surface area contributed by atoms with Crippen molar-refractivity contribution in [2.75, 3.05) is 13.1 Å². The number of hydrogen-bond acceptors (Lipinski definition) is 7. The van der Waals surface area contributed by atoms with Gasteiger partial charge in [0.25, 0.3) is 5.91 Å². The van der Waals surface area contributed by atoms with E-state index in [1.165, 1.54) is 29.5 Å². The zero-order valence-corrected chi connectivity index (χ0v) is 26.2. The molecule has 1 aliphatic heterocycles. The van der Waals surface area contributed by atoms with E-state index in [4.69, 9.17) is 32.7 Å². The van der Waals surface area contributed by atoms with Crippen LogP contribution in [0.2, 0.25) is 10.0 Å². The van der Waals surface area contributed by atoms with Crippen molar-refractivity contribution in [1.29, 1.82) is 0 Å². The molecule has 2 heterocycles. The van der Waals surface area contributed by atoms with E-state index in [-0.39, 0.29) is 40.7 Å². The van der Waals surface area contributed by atoms with Gasteiger partial charge in [0.2, 0.25) is 15.9 Å². The first kappa shape index (κ1) is 31.7. The number of sulfonamides is 1. The van der Waals surface area contributed by atoms with Crippen molar-refractivity contribution in [1.82, 2.24) is 15.4 Å². The van der Waals surface area contributed by atoms with Gasteiger partial charge in [-0.3, -0.25) is 9.59 Å². The molecule has 1 unspecified atom stereocenters. The van der Waals surface area contributed by atoms with Gasteiger partial charge in [-0.2, -0.15) is 0 Å². The van der Waals surface area contributed by atoms with Crippen molar-refractivity contribution in [2.45, 2.75) is 63.0 Å². The third-order valence-electron chi connectivity index (χ3n) is 6.40. The van der Waals surface area contributed by atoms with E-state index in [1.54, 1.807) is 13.8 Å². The van der Waals surface area contributed by atoms with Gasteiger partial charge in [-0.25, -0.2) is 13.1 Å². The Balaban J connectivity index is 1.40. The Morgan fingerprint density at radius 1 is 1.02 bits per heavy atom. The Kier molecular flexibility index (Phi) is 10.0. The fraction of sp³-hybridized carbons (Fsp3) is 0.429. The summed E-state index contributed by atoms with van der Waals surface area (Å²) in [6.45, 7) is 7.28. The monoisotopic (exact) mass is 641 g/mol. The number of ether oxygens (including phenoxy) is 2. The van der Waals surface area contributed by atoms with Gasteiger partial charge in [0.15, 0.2) is 5.79 Å².